The molecule has 1 saturated heterocycles. The lowest BCUT2D eigenvalue weighted by Gasteiger charge is -2.34. The fraction of sp³-hybridized carbons (Fsp3) is 0.333. The van der Waals surface area contributed by atoms with Gasteiger partial charge in [0.1, 0.15) is 11.3 Å². The molecule has 0 unspecified atom stereocenters. The minimum atomic E-state index is 0.0426. The Morgan fingerprint density at radius 1 is 1.07 bits per heavy atom. The van der Waals surface area contributed by atoms with Gasteiger partial charge in [0.2, 0.25) is 0 Å². The topological polar surface area (TPSA) is 40.9 Å². The van der Waals surface area contributed by atoms with Crippen LogP contribution in [0.1, 0.15) is 28.7 Å². The van der Waals surface area contributed by atoms with Crippen LogP contribution in [0.4, 0.5) is 0 Å². The fourth-order valence-electron chi connectivity index (χ4n) is 3.64. The van der Waals surface area contributed by atoms with Gasteiger partial charge in [0.25, 0.3) is 5.91 Å². The third kappa shape index (κ3) is 3.70. The monoisotopic (exact) mass is 382 g/mol. The van der Waals surface area contributed by atoms with Gasteiger partial charge in [0, 0.05) is 38.9 Å². The van der Waals surface area contributed by atoms with Crippen LogP contribution in [0.2, 0.25) is 5.02 Å². The van der Waals surface area contributed by atoms with Crippen LogP contribution in [0.3, 0.4) is 0 Å². The molecule has 0 N–H and O–H groups in total. The highest BCUT2D eigenvalue weighted by Gasteiger charge is 2.27. The SMILES string of the molecule is CCc1nc2ccc(Cl)cn2c1C(=O)N1CCN(Cc2ccccc2)CC1. The second kappa shape index (κ2) is 7.71. The summed E-state index contributed by atoms with van der Waals surface area (Å²) in [7, 11) is 0. The molecule has 3 heterocycles. The van der Waals surface area contributed by atoms with E-state index < -0.39 is 0 Å². The molecule has 1 fully saturated rings. The number of piperazine rings is 1. The Morgan fingerprint density at radius 3 is 2.52 bits per heavy atom. The molecule has 0 atom stereocenters. The van der Waals surface area contributed by atoms with E-state index in [4.69, 9.17) is 11.6 Å². The molecule has 0 aliphatic carbocycles. The van der Waals surface area contributed by atoms with E-state index in [1.165, 1.54) is 5.56 Å². The number of aromatic nitrogens is 2. The van der Waals surface area contributed by atoms with Gasteiger partial charge >= 0.3 is 0 Å². The summed E-state index contributed by atoms with van der Waals surface area (Å²) in [6.07, 6.45) is 2.50. The van der Waals surface area contributed by atoms with Crippen LogP contribution in [0.15, 0.2) is 48.7 Å². The molecule has 1 aliphatic heterocycles. The molecule has 0 bridgehead atoms. The molecule has 1 aromatic carbocycles. The lowest BCUT2D eigenvalue weighted by molar-refractivity contribution is 0.0620. The van der Waals surface area contributed by atoms with E-state index in [1.807, 2.05) is 28.4 Å². The van der Waals surface area contributed by atoms with Crippen LogP contribution in [0.5, 0.6) is 0 Å². The summed E-state index contributed by atoms with van der Waals surface area (Å²) in [5, 5.41) is 0.601. The summed E-state index contributed by atoms with van der Waals surface area (Å²) < 4.78 is 1.83. The van der Waals surface area contributed by atoms with Gasteiger partial charge < -0.3 is 4.90 Å². The molecule has 3 aromatic rings. The number of nitrogens with zero attached hydrogens (tertiary/aromatic N) is 4. The number of fused-ring (bicyclic) bond motifs is 1. The van der Waals surface area contributed by atoms with Crippen molar-refractivity contribution in [3.05, 3.63) is 70.6 Å². The summed E-state index contributed by atoms with van der Waals surface area (Å²) >= 11 is 6.15. The van der Waals surface area contributed by atoms with Crippen LogP contribution < -0.4 is 0 Å². The fourth-order valence-corrected chi connectivity index (χ4v) is 3.80. The van der Waals surface area contributed by atoms with Crippen molar-refractivity contribution in [2.75, 3.05) is 26.2 Å². The average molecular weight is 383 g/mol. The second-order valence-corrected chi connectivity index (χ2v) is 7.33. The van der Waals surface area contributed by atoms with Gasteiger partial charge in [-0.2, -0.15) is 0 Å². The number of aryl methyl sites for hydroxylation is 1. The number of carbonyl (C=O) groups is 1. The van der Waals surface area contributed by atoms with E-state index in [9.17, 15) is 4.79 Å². The van der Waals surface area contributed by atoms with Crippen LogP contribution in [0.25, 0.3) is 5.65 Å². The largest absolute Gasteiger partial charge is 0.335 e. The molecule has 140 valence electrons. The van der Waals surface area contributed by atoms with E-state index >= 15 is 0 Å². The zero-order chi connectivity index (χ0) is 18.8. The van der Waals surface area contributed by atoms with Gasteiger partial charge in [-0.15, -0.1) is 0 Å². The molecule has 27 heavy (non-hydrogen) atoms. The molecule has 2 aromatic heterocycles. The van der Waals surface area contributed by atoms with Gasteiger partial charge in [-0.05, 0) is 24.1 Å². The molecule has 0 radical (unpaired) electrons. The summed E-state index contributed by atoms with van der Waals surface area (Å²) in [4.78, 5) is 22.2. The van der Waals surface area contributed by atoms with Crippen molar-refractivity contribution in [2.24, 2.45) is 0 Å². The summed E-state index contributed by atoms with van der Waals surface area (Å²) in [5.74, 6) is 0.0426. The number of carbonyl (C=O) groups excluding carboxylic acids is 1. The van der Waals surface area contributed by atoms with Crippen LogP contribution in [-0.4, -0.2) is 51.3 Å². The minimum Gasteiger partial charge on any atom is -0.335 e. The van der Waals surface area contributed by atoms with Crippen LogP contribution >= 0.6 is 11.6 Å². The van der Waals surface area contributed by atoms with E-state index in [0.717, 1.165) is 44.1 Å². The van der Waals surface area contributed by atoms with Crippen LogP contribution in [-0.2, 0) is 13.0 Å². The number of amides is 1. The van der Waals surface area contributed by atoms with Crippen molar-refractivity contribution in [3.63, 3.8) is 0 Å². The molecule has 4 rings (SSSR count). The molecule has 0 saturated carbocycles. The predicted molar refractivity (Wildman–Crippen MR) is 107 cm³/mol. The number of halogens is 1. The van der Waals surface area contributed by atoms with Gasteiger partial charge in [0.05, 0.1) is 10.7 Å². The minimum absolute atomic E-state index is 0.0426. The van der Waals surface area contributed by atoms with Crippen molar-refractivity contribution in [1.82, 2.24) is 19.2 Å². The lowest BCUT2D eigenvalue weighted by atomic mass is 10.2. The molecule has 1 amide bonds. The number of hydrogen-bond acceptors (Lipinski definition) is 3. The maximum absolute atomic E-state index is 13.2. The molecule has 1 aliphatic rings. The zero-order valence-corrected chi connectivity index (χ0v) is 16.2. The normalized spacial score (nSPS) is 15.4. The van der Waals surface area contributed by atoms with Crippen molar-refractivity contribution >= 4 is 23.2 Å². The lowest BCUT2D eigenvalue weighted by Crippen LogP contribution is -2.48. The number of benzene rings is 1. The first kappa shape index (κ1) is 18.0. The maximum Gasteiger partial charge on any atom is 0.272 e. The van der Waals surface area contributed by atoms with Gasteiger partial charge in [-0.1, -0.05) is 48.9 Å². The van der Waals surface area contributed by atoms with Crippen LogP contribution in [0, 0.1) is 0 Å². The molecule has 0 spiro atoms. The molecule has 6 heteroatoms. The summed E-state index contributed by atoms with van der Waals surface area (Å²) in [6.45, 7) is 6.15. The van der Waals surface area contributed by atoms with Crippen molar-refractivity contribution in [3.8, 4) is 0 Å². The third-order valence-corrected chi connectivity index (χ3v) is 5.32. The first-order valence-electron chi connectivity index (χ1n) is 9.37. The Balaban J connectivity index is 1.50. The highest BCUT2D eigenvalue weighted by atomic mass is 35.5. The molecular weight excluding hydrogens is 360 g/mol. The number of imidazole rings is 1. The van der Waals surface area contributed by atoms with Gasteiger partial charge in [-0.25, -0.2) is 4.98 Å². The first-order chi connectivity index (χ1) is 13.2. The quantitative estimate of drug-likeness (QED) is 0.693. The summed E-state index contributed by atoms with van der Waals surface area (Å²) in [5.41, 5.74) is 3.55. The smallest absolute Gasteiger partial charge is 0.272 e. The Hall–Kier alpha value is -2.37. The molecule has 5 nitrogen and oxygen atoms in total. The highest BCUT2D eigenvalue weighted by Crippen LogP contribution is 2.20. The standard InChI is InChI=1S/C21H23ClN4O/c1-2-18-20(26-15-17(22)8-9-19(26)23-18)21(27)25-12-10-24(11-13-25)14-16-6-4-3-5-7-16/h3-9,15H,2,10-14H2,1H3. The number of pyridine rings is 1. The Kier molecular flexibility index (Phi) is 5.14. The number of rotatable bonds is 4. The van der Waals surface area contributed by atoms with E-state index in [2.05, 4.69) is 34.1 Å². The number of hydrogen-bond donors (Lipinski definition) is 0. The zero-order valence-electron chi connectivity index (χ0n) is 15.4. The van der Waals surface area contributed by atoms with Gasteiger partial charge in [0.15, 0.2) is 0 Å². The third-order valence-electron chi connectivity index (χ3n) is 5.10. The van der Waals surface area contributed by atoms with E-state index in [-0.39, 0.29) is 5.91 Å². The van der Waals surface area contributed by atoms with E-state index in [0.29, 0.717) is 17.1 Å². The molecular formula is C21H23ClN4O. The Morgan fingerprint density at radius 2 is 1.81 bits per heavy atom. The van der Waals surface area contributed by atoms with Crippen molar-refractivity contribution < 1.29 is 4.79 Å². The summed E-state index contributed by atoms with van der Waals surface area (Å²) in [6, 6.07) is 14.1. The predicted octanol–water partition coefficient (Wildman–Crippen LogP) is 3.51. The highest BCUT2D eigenvalue weighted by molar-refractivity contribution is 6.30. The Labute approximate surface area is 164 Å². The average Bonchev–Trinajstić information content (AvgIpc) is 3.06. The second-order valence-electron chi connectivity index (χ2n) is 6.89. The van der Waals surface area contributed by atoms with Crippen molar-refractivity contribution in [2.45, 2.75) is 19.9 Å². The first-order valence-corrected chi connectivity index (χ1v) is 9.75. The van der Waals surface area contributed by atoms with E-state index in [1.54, 1.807) is 12.3 Å². The Bertz CT molecular complexity index is 945. The van der Waals surface area contributed by atoms with Gasteiger partial charge in [-0.3, -0.25) is 14.1 Å². The maximum atomic E-state index is 13.2. The van der Waals surface area contributed by atoms with Crippen molar-refractivity contribution in [1.29, 1.82) is 0 Å².